The van der Waals surface area contributed by atoms with Gasteiger partial charge >= 0.3 is 0 Å². The third-order valence-corrected chi connectivity index (χ3v) is 3.61. The Morgan fingerprint density at radius 3 is 2.75 bits per heavy atom. The molecule has 3 aromatic rings. The summed E-state index contributed by atoms with van der Waals surface area (Å²) in [6, 6.07) is 7.74. The van der Waals surface area contributed by atoms with E-state index in [1.54, 1.807) is 18.2 Å². The van der Waals surface area contributed by atoms with Crippen LogP contribution in [0.4, 0.5) is 4.39 Å². The molecule has 0 bridgehead atoms. The predicted molar refractivity (Wildman–Crippen MR) is 90.2 cm³/mol. The summed E-state index contributed by atoms with van der Waals surface area (Å²) in [7, 11) is 0. The molecule has 0 N–H and O–H groups in total. The second-order valence-corrected chi connectivity index (χ2v) is 5.56. The van der Waals surface area contributed by atoms with Crippen molar-refractivity contribution in [3.8, 4) is 17.1 Å². The van der Waals surface area contributed by atoms with Crippen molar-refractivity contribution in [1.29, 1.82) is 0 Å². The third-order valence-electron chi connectivity index (χ3n) is 3.27. The van der Waals surface area contributed by atoms with Crippen molar-refractivity contribution in [3.05, 3.63) is 60.4 Å². The summed E-state index contributed by atoms with van der Waals surface area (Å²) in [5, 5.41) is 4.46. The minimum absolute atomic E-state index is 0.138. The summed E-state index contributed by atoms with van der Waals surface area (Å²) in [6.45, 7) is 5.84. The van der Waals surface area contributed by atoms with Crippen molar-refractivity contribution in [2.75, 3.05) is 0 Å². The highest BCUT2D eigenvalue weighted by Gasteiger charge is 2.13. The number of hydrogen-bond acceptors (Lipinski definition) is 6. The van der Waals surface area contributed by atoms with E-state index >= 15 is 0 Å². The summed E-state index contributed by atoms with van der Waals surface area (Å²) in [6.07, 6.45) is 1.37. The van der Waals surface area contributed by atoms with Gasteiger partial charge in [0.1, 0.15) is 22.9 Å². The first-order valence-corrected chi connectivity index (χ1v) is 7.53. The van der Waals surface area contributed by atoms with Crippen molar-refractivity contribution in [3.63, 3.8) is 0 Å². The maximum Gasteiger partial charge on any atom is 0.225 e. The molecule has 24 heavy (non-hydrogen) atoms. The summed E-state index contributed by atoms with van der Waals surface area (Å²) >= 11 is 4.29. The molecule has 0 aliphatic carbocycles. The van der Waals surface area contributed by atoms with Gasteiger partial charge in [0.25, 0.3) is 0 Å². The molecule has 3 rings (SSSR count). The lowest BCUT2D eigenvalue weighted by molar-refractivity contribution is 0.240. The Morgan fingerprint density at radius 2 is 2.04 bits per heavy atom. The Hall–Kier alpha value is -2.67. The number of halogens is 1. The van der Waals surface area contributed by atoms with Crippen LogP contribution in [-0.4, -0.2) is 15.1 Å². The van der Waals surface area contributed by atoms with Gasteiger partial charge < -0.3 is 9.26 Å². The average molecular weight is 343 g/mol. The number of thiol groups is 1. The van der Waals surface area contributed by atoms with Gasteiger partial charge in [-0.3, -0.25) is 0 Å². The van der Waals surface area contributed by atoms with Crippen molar-refractivity contribution in [2.45, 2.75) is 18.6 Å². The van der Waals surface area contributed by atoms with Gasteiger partial charge in [-0.2, -0.15) is 0 Å². The molecule has 0 radical (unpaired) electrons. The van der Waals surface area contributed by atoms with Crippen LogP contribution in [0.15, 0.2) is 52.8 Å². The molecular weight excluding hydrogens is 329 g/mol. The fourth-order valence-electron chi connectivity index (χ4n) is 2.12. The zero-order valence-corrected chi connectivity index (χ0v) is 13.8. The van der Waals surface area contributed by atoms with E-state index in [9.17, 15) is 4.39 Å². The van der Waals surface area contributed by atoms with E-state index in [0.717, 1.165) is 11.1 Å². The van der Waals surface area contributed by atoms with Crippen molar-refractivity contribution in [2.24, 2.45) is 0 Å². The Balaban J connectivity index is 1.76. The summed E-state index contributed by atoms with van der Waals surface area (Å²) in [5.41, 5.74) is 2.76. The number of allylic oxidation sites excluding steroid dienone is 1. The van der Waals surface area contributed by atoms with Gasteiger partial charge in [-0.05, 0) is 36.8 Å². The van der Waals surface area contributed by atoms with Crippen LogP contribution < -0.4 is 4.74 Å². The SMILES string of the molecule is C=C(C)c1c(S)ncnc1OCc1cc(-c2ccc(F)cc2)no1. The molecule has 2 heterocycles. The molecule has 0 spiro atoms. The van der Waals surface area contributed by atoms with Crippen LogP contribution in [0.1, 0.15) is 18.2 Å². The lowest BCUT2D eigenvalue weighted by atomic mass is 10.1. The summed E-state index contributed by atoms with van der Waals surface area (Å²) in [4.78, 5) is 8.12. The van der Waals surface area contributed by atoms with Crippen molar-refractivity contribution in [1.82, 2.24) is 15.1 Å². The van der Waals surface area contributed by atoms with E-state index < -0.39 is 0 Å². The fraction of sp³-hybridized carbons (Fsp3) is 0.118. The highest BCUT2D eigenvalue weighted by atomic mass is 32.1. The Kier molecular flexibility index (Phi) is 4.61. The second-order valence-electron chi connectivity index (χ2n) is 5.13. The van der Waals surface area contributed by atoms with E-state index in [2.05, 4.69) is 34.3 Å². The molecule has 0 atom stereocenters. The molecule has 0 unspecified atom stereocenters. The molecule has 0 fully saturated rings. The third kappa shape index (κ3) is 3.46. The quantitative estimate of drug-likeness (QED) is 0.556. The number of hydrogen-bond donors (Lipinski definition) is 1. The van der Waals surface area contributed by atoms with Crippen LogP contribution in [-0.2, 0) is 6.61 Å². The van der Waals surface area contributed by atoms with Crippen molar-refractivity contribution < 1.29 is 13.7 Å². The molecule has 0 amide bonds. The predicted octanol–water partition coefficient (Wildman–Crippen LogP) is 4.17. The van der Waals surface area contributed by atoms with Crippen molar-refractivity contribution >= 4 is 18.2 Å². The first-order chi connectivity index (χ1) is 11.5. The monoisotopic (exact) mass is 343 g/mol. The second kappa shape index (κ2) is 6.84. The topological polar surface area (TPSA) is 61.0 Å². The van der Waals surface area contributed by atoms with Crippen LogP contribution in [0.25, 0.3) is 16.8 Å². The number of rotatable bonds is 5. The van der Waals surface area contributed by atoms with E-state index in [1.807, 2.05) is 6.92 Å². The lowest BCUT2D eigenvalue weighted by Gasteiger charge is -2.09. The van der Waals surface area contributed by atoms with Gasteiger partial charge in [-0.15, -0.1) is 12.6 Å². The Morgan fingerprint density at radius 1 is 1.29 bits per heavy atom. The van der Waals surface area contributed by atoms with Crippen LogP contribution >= 0.6 is 12.6 Å². The number of nitrogens with zero attached hydrogens (tertiary/aromatic N) is 3. The molecule has 0 saturated carbocycles. The first kappa shape index (κ1) is 16.2. The van der Waals surface area contributed by atoms with Crippen LogP contribution in [0.2, 0.25) is 0 Å². The maximum atomic E-state index is 13.0. The molecule has 0 aliphatic rings. The number of benzene rings is 1. The fourth-order valence-corrected chi connectivity index (χ4v) is 2.46. The molecule has 122 valence electrons. The summed E-state index contributed by atoms with van der Waals surface area (Å²) < 4.78 is 23.9. The lowest BCUT2D eigenvalue weighted by Crippen LogP contribution is -2.01. The number of aromatic nitrogens is 3. The molecule has 7 heteroatoms. The molecule has 0 aliphatic heterocycles. The standard InChI is InChI=1S/C17H14FN3O2S/c1-10(2)15-16(19-9-20-17(15)24)22-8-13-7-14(21-23-13)11-3-5-12(18)6-4-11/h3-7,9H,1,8H2,2H3,(H,19,20,24). The van der Waals surface area contributed by atoms with E-state index in [0.29, 0.717) is 27.9 Å². The average Bonchev–Trinajstić information content (AvgIpc) is 3.02. The van der Waals surface area contributed by atoms with Crippen LogP contribution in [0.3, 0.4) is 0 Å². The normalized spacial score (nSPS) is 10.6. The van der Waals surface area contributed by atoms with Crippen LogP contribution in [0, 0.1) is 5.82 Å². The minimum atomic E-state index is -0.301. The highest BCUT2D eigenvalue weighted by Crippen LogP contribution is 2.28. The molecule has 2 aromatic heterocycles. The van der Waals surface area contributed by atoms with Gasteiger partial charge in [0.2, 0.25) is 5.88 Å². The van der Waals surface area contributed by atoms with Gasteiger partial charge in [0, 0.05) is 11.6 Å². The maximum absolute atomic E-state index is 13.0. The summed E-state index contributed by atoms with van der Waals surface area (Å²) in [5.74, 6) is 0.591. The van der Waals surface area contributed by atoms with Gasteiger partial charge in [-0.1, -0.05) is 11.7 Å². The van der Waals surface area contributed by atoms with Gasteiger partial charge in [0.15, 0.2) is 12.4 Å². The van der Waals surface area contributed by atoms with Gasteiger partial charge in [0.05, 0.1) is 5.56 Å². The van der Waals surface area contributed by atoms with Gasteiger partial charge in [-0.25, -0.2) is 14.4 Å². The van der Waals surface area contributed by atoms with Crippen LogP contribution in [0.5, 0.6) is 5.88 Å². The largest absolute Gasteiger partial charge is 0.469 e. The number of ether oxygens (including phenoxy) is 1. The molecular formula is C17H14FN3O2S. The Labute approximate surface area is 143 Å². The van der Waals surface area contributed by atoms with E-state index in [-0.39, 0.29) is 12.4 Å². The minimum Gasteiger partial charge on any atom is -0.469 e. The molecule has 5 nitrogen and oxygen atoms in total. The first-order valence-electron chi connectivity index (χ1n) is 7.09. The Bertz CT molecular complexity index is 878. The van der Waals surface area contributed by atoms with E-state index in [1.165, 1.54) is 18.5 Å². The zero-order valence-electron chi connectivity index (χ0n) is 12.9. The van der Waals surface area contributed by atoms with E-state index in [4.69, 9.17) is 9.26 Å². The highest BCUT2D eigenvalue weighted by molar-refractivity contribution is 7.80. The molecule has 1 aromatic carbocycles. The zero-order chi connectivity index (χ0) is 17.1. The smallest absolute Gasteiger partial charge is 0.225 e. The molecule has 0 saturated heterocycles.